The zero-order chi connectivity index (χ0) is 19.3. The Bertz CT molecular complexity index is 1030. The number of carbonyl (C=O) groups is 1. The largest absolute Gasteiger partial charge is 0.464 e. The summed E-state index contributed by atoms with van der Waals surface area (Å²) in [5, 5.41) is 1.05. The minimum Gasteiger partial charge on any atom is -0.464 e. The van der Waals surface area contributed by atoms with Crippen molar-refractivity contribution in [2.75, 3.05) is 13.1 Å². The second kappa shape index (κ2) is 6.40. The molecule has 2 aliphatic rings. The highest BCUT2D eigenvalue weighted by Crippen LogP contribution is 2.44. The van der Waals surface area contributed by atoms with Crippen molar-refractivity contribution in [3.63, 3.8) is 0 Å². The second-order valence-electron chi connectivity index (χ2n) is 7.76. The van der Waals surface area contributed by atoms with Crippen molar-refractivity contribution in [3.8, 4) is 11.3 Å². The van der Waals surface area contributed by atoms with Crippen LogP contribution in [0.25, 0.3) is 22.2 Å². The fraction of sp³-hybridized carbons (Fsp3) is 0.364. The number of nitrogens with zero attached hydrogens (tertiary/aromatic N) is 2. The van der Waals surface area contributed by atoms with Crippen LogP contribution in [0.15, 0.2) is 47.2 Å². The van der Waals surface area contributed by atoms with E-state index in [9.17, 15) is 13.6 Å². The van der Waals surface area contributed by atoms with Crippen LogP contribution >= 0.6 is 0 Å². The van der Waals surface area contributed by atoms with Crippen LogP contribution < -0.4 is 0 Å². The summed E-state index contributed by atoms with van der Waals surface area (Å²) in [5.74, 6) is -2.35. The summed E-state index contributed by atoms with van der Waals surface area (Å²) >= 11 is 0. The molecule has 0 atom stereocenters. The van der Waals surface area contributed by atoms with E-state index in [1.807, 2.05) is 18.2 Å². The molecule has 3 heterocycles. The van der Waals surface area contributed by atoms with Crippen LogP contribution in [0.1, 0.15) is 47.5 Å². The van der Waals surface area contributed by atoms with Crippen molar-refractivity contribution in [1.82, 2.24) is 9.88 Å². The number of furan rings is 1. The van der Waals surface area contributed by atoms with Crippen LogP contribution in [0, 0.1) is 0 Å². The van der Waals surface area contributed by atoms with Gasteiger partial charge >= 0.3 is 0 Å². The Balaban J connectivity index is 1.39. The van der Waals surface area contributed by atoms with Crippen LogP contribution in [-0.4, -0.2) is 34.8 Å². The molecule has 144 valence electrons. The first kappa shape index (κ1) is 17.3. The minimum atomic E-state index is -2.66. The molecule has 1 saturated carbocycles. The maximum atomic E-state index is 13.3. The Labute approximate surface area is 161 Å². The van der Waals surface area contributed by atoms with Gasteiger partial charge in [0, 0.05) is 43.1 Å². The monoisotopic (exact) mass is 382 g/mol. The fourth-order valence-corrected chi connectivity index (χ4v) is 3.87. The van der Waals surface area contributed by atoms with E-state index < -0.39 is 5.92 Å². The Morgan fingerprint density at radius 1 is 1.14 bits per heavy atom. The van der Waals surface area contributed by atoms with Crippen molar-refractivity contribution in [3.05, 3.63) is 53.9 Å². The number of carbonyl (C=O) groups excluding carboxylic acids is 1. The molecule has 3 aromatic rings. The van der Waals surface area contributed by atoms with Gasteiger partial charge in [0.25, 0.3) is 11.8 Å². The summed E-state index contributed by atoms with van der Waals surface area (Å²) in [6.07, 6.45) is 5.04. The number of rotatable bonds is 3. The average molecular weight is 382 g/mol. The van der Waals surface area contributed by atoms with E-state index in [1.54, 1.807) is 18.5 Å². The van der Waals surface area contributed by atoms with Crippen LogP contribution in [0.3, 0.4) is 0 Å². The number of piperidine rings is 1. The lowest BCUT2D eigenvalue weighted by molar-refractivity contribution is -0.0494. The standard InChI is InChI=1S/C22H20F2N2O2/c23-22(24)6-8-26(9-7-22)21(27)16-3-4-19(25-13-16)17-11-15-5-10-28-20(15)18(12-17)14-1-2-14/h3-5,10-14H,1-2,6-9H2. The lowest BCUT2D eigenvalue weighted by atomic mass is 10.0. The molecule has 0 spiro atoms. The lowest BCUT2D eigenvalue weighted by Crippen LogP contribution is -2.42. The van der Waals surface area contributed by atoms with Gasteiger partial charge in [-0.15, -0.1) is 0 Å². The van der Waals surface area contributed by atoms with Crippen LogP contribution in [0.4, 0.5) is 8.78 Å². The summed E-state index contributed by atoms with van der Waals surface area (Å²) in [7, 11) is 0. The van der Waals surface area contributed by atoms with Crippen molar-refractivity contribution in [2.24, 2.45) is 0 Å². The van der Waals surface area contributed by atoms with Gasteiger partial charge < -0.3 is 9.32 Å². The Morgan fingerprint density at radius 2 is 1.93 bits per heavy atom. The SMILES string of the molecule is O=C(c1ccc(-c2cc(C3CC3)c3occc3c2)nc1)N1CCC(F)(F)CC1. The molecule has 2 fully saturated rings. The Hall–Kier alpha value is -2.76. The average Bonchev–Trinajstić information content (AvgIpc) is 3.43. The van der Waals surface area contributed by atoms with Gasteiger partial charge in [-0.05, 0) is 54.7 Å². The molecule has 1 aromatic carbocycles. The van der Waals surface area contributed by atoms with Crippen molar-refractivity contribution in [1.29, 1.82) is 0 Å². The summed E-state index contributed by atoms with van der Waals surface area (Å²) in [5.41, 5.74) is 4.37. The molecule has 0 radical (unpaired) electrons. The van der Waals surface area contributed by atoms with Gasteiger partial charge in [0.1, 0.15) is 5.58 Å². The maximum absolute atomic E-state index is 13.3. The van der Waals surface area contributed by atoms with Crippen molar-refractivity contribution >= 4 is 16.9 Å². The number of amides is 1. The summed E-state index contributed by atoms with van der Waals surface area (Å²) < 4.78 is 32.3. The van der Waals surface area contributed by atoms with E-state index in [4.69, 9.17) is 4.42 Å². The maximum Gasteiger partial charge on any atom is 0.255 e. The van der Waals surface area contributed by atoms with Gasteiger partial charge in [0.2, 0.25) is 0 Å². The molecule has 1 aliphatic heterocycles. The Morgan fingerprint density at radius 3 is 2.61 bits per heavy atom. The molecule has 2 aromatic heterocycles. The third-order valence-electron chi connectivity index (χ3n) is 5.69. The van der Waals surface area contributed by atoms with Crippen LogP contribution in [-0.2, 0) is 0 Å². The van der Waals surface area contributed by atoms with E-state index >= 15 is 0 Å². The van der Waals surface area contributed by atoms with Gasteiger partial charge in [-0.3, -0.25) is 9.78 Å². The molecular weight excluding hydrogens is 362 g/mol. The molecule has 5 rings (SSSR count). The van der Waals surface area contributed by atoms with Crippen LogP contribution in [0.5, 0.6) is 0 Å². The third kappa shape index (κ3) is 3.17. The van der Waals surface area contributed by atoms with E-state index in [0.29, 0.717) is 11.5 Å². The number of benzene rings is 1. The van der Waals surface area contributed by atoms with Gasteiger partial charge in [0.05, 0.1) is 17.5 Å². The zero-order valence-corrected chi connectivity index (χ0v) is 15.3. The molecule has 6 heteroatoms. The highest BCUT2D eigenvalue weighted by Gasteiger charge is 2.35. The topological polar surface area (TPSA) is 46.3 Å². The quantitative estimate of drug-likeness (QED) is 0.622. The summed E-state index contributed by atoms with van der Waals surface area (Å²) in [4.78, 5) is 18.5. The number of hydrogen-bond donors (Lipinski definition) is 0. The van der Waals surface area contributed by atoms with Gasteiger partial charge in [-0.1, -0.05) is 0 Å². The highest BCUT2D eigenvalue weighted by molar-refractivity contribution is 5.94. The van der Waals surface area contributed by atoms with E-state index in [-0.39, 0.29) is 31.8 Å². The minimum absolute atomic E-state index is 0.0789. The number of alkyl halides is 2. The van der Waals surface area contributed by atoms with Gasteiger partial charge in [0.15, 0.2) is 0 Å². The normalized spacial score (nSPS) is 19.1. The van der Waals surface area contributed by atoms with E-state index in [2.05, 4.69) is 11.1 Å². The number of aromatic nitrogens is 1. The molecule has 0 unspecified atom stereocenters. The summed E-state index contributed by atoms with van der Waals surface area (Å²) in [6, 6.07) is 9.67. The van der Waals surface area contributed by atoms with Crippen LogP contribution in [0.2, 0.25) is 0 Å². The first-order valence-electron chi connectivity index (χ1n) is 9.65. The zero-order valence-electron chi connectivity index (χ0n) is 15.3. The molecule has 1 saturated heterocycles. The molecule has 0 N–H and O–H groups in total. The molecule has 4 nitrogen and oxygen atoms in total. The molecule has 1 aliphatic carbocycles. The predicted molar refractivity (Wildman–Crippen MR) is 102 cm³/mol. The third-order valence-corrected chi connectivity index (χ3v) is 5.69. The van der Waals surface area contributed by atoms with Crippen molar-refractivity contribution in [2.45, 2.75) is 37.5 Å². The number of fused-ring (bicyclic) bond motifs is 1. The molecule has 0 bridgehead atoms. The van der Waals surface area contributed by atoms with Gasteiger partial charge in [-0.25, -0.2) is 8.78 Å². The number of pyridine rings is 1. The predicted octanol–water partition coefficient (Wildman–Crippen LogP) is 5.24. The number of hydrogen-bond acceptors (Lipinski definition) is 3. The summed E-state index contributed by atoms with van der Waals surface area (Å²) in [6.45, 7) is 0.158. The van der Waals surface area contributed by atoms with Gasteiger partial charge in [-0.2, -0.15) is 0 Å². The molecule has 1 amide bonds. The van der Waals surface area contributed by atoms with Crippen molar-refractivity contribution < 1.29 is 18.0 Å². The first-order valence-corrected chi connectivity index (χ1v) is 9.65. The fourth-order valence-electron chi connectivity index (χ4n) is 3.87. The molecular formula is C22H20F2N2O2. The lowest BCUT2D eigenvalue weighted by Gasteiger charge is -2.31. The highest BCUT2D eigenvalue weighted by atomic mass is 19.3. The number of halogens is 2. The first-order chi connectivity index (χ1) is 13.5. The smallest absolute Gasteiger partial charge is 0.255 e. The Kier molecular flexibility index (Phi) is 3.96. The van der Waals surface area contributed by atoms with E-state index in [1.165, 1.54) is 23.3 Å². The number of likely N-dealkylation sites (tertiary alicyclic amines) is 1. The molecule has 28 heavy (non-hydrogen) atoms. The van der Waals surface area contributed by atoms with E-state index in [0.717, 1.165) is 22.2 Å². The second-order valence-corrected chi connectivity index (χ2v) is 7.76.